The van der Waals surface area contributed by atoms with E-state index >= 15 is 0 Å². The molecule has 0 bridgehead atoms. The lowest BCUT2D eigenvalue weighted by atomic mass is 10.3. The van der Waals surface area contributed by atoms with Crippen LogP contribution < -0.4 is 4.90 Å². The topological polar surface area (TPSA) is 37.4 Å². The molecule has 5 heteroatoms. The van der Waals surface area contributed by atoms with E-state index in [1.807, 2.05) is 17.0 Å². The molecule has 0 aromatic heterocycles. The van der Waals surface area contributed by atoms with Gasteiger partial charge in [0.05, 0.1) is 16.0 Å². The summed E-state index contributed by atoms with van der Waals surface area (Å²) in [5.41, 5.74) is 0.771. The molecule has 1 unspecified atom stereocenters. The molecule has 1 atom stereocenters. The van der Waals surface area contributed by atoms with Gasteiger partial charge in [0, 0.05) is 19.3 Å². The summed E-state index contributed by atoms with van der Waals surface area (Å²) in [6, 6.07) is 7.08. The highest BCUT2D eigenvalue weighted by molar-refractivity contribution is 7.90. The van der Waals surface area contributed by atoms with Crippen molar-refractivity contribution in [3.63, 3.8) is 0 Å². The molecular formula is C11H14ClNO2S. The quantitative estimate of drug-likeness (QED) is 0.762. The Morgan fingerprint density at radius 1 is 1.38 bits per heavy atom. The summed E-state index contributed by atoms with van der Waals surface area (Å²) >= 11 is 6.03. The van der Waals surface area contributed by atoms with Crippen LogP contribution >= 0.6 is 11.6 Å². The lowest BCUT2D eigenvalue weighted by Gasteiger charge is -2.20. The van der Waals surface area contributed by atoms with Crippen molar-refractivity contribution in [2.75, 3.05) is 24.2 Å². The van der Waals surface area contributed by atoms with Gasteiger partial charge in [0.2, 0.25) is 0 Å². The summed E-state index contributed by atoms with van der Waals surface area (Å²) in [7, 11) is -3.17. The number of hydrogen-bond acceptors (Lipinski definition) is 3. The zero-order valence-electron chi connectivity index (χ0n) is 9.06. The fourth-order valence-corrected chi connectivity index (χ4v) is 3.14. The van der Waals surface area contributed by atoms with Gasteiger partial charge in [0.25, 0.3) is 0 Å². The molecule has 16 heavy (non-hydrogen) atoms. The van der Waals surface area contributed by atoms with E-state index < -0.39 is 9.84 Å². The van der Waals surface area contributed by atoms with Gasteiger partial charge in [-0.05, 0) is 18.6 Å². The predicted molar refractivity (Wildman–Crippen MR) is 66.0 cm³/mol. The molecule has 0 amide bonds. The Kier molecular flexibility index (Phi) is 3.13. The number of anilines is 1. The van der Waals surface area contributed by atoms with Gasteiger partial charge in [0.15, 0.2) is 9.84 Å². The van der Waals surface area contributed by atoms with E-state index in [2.05, 4.69) is 0 Å². The van der Waals surface area contributed by atoms with Gasteiger partial charge in [-0.3, -0.25) is 0 Å². The molecule has 0 saturated carbocycles. The number of rotatable bonds is 2. The lowest BCUT2D eigenvalue weighted by Crippen LogP contribution is -2.21. The summed E-state index contributed by atoms with van der Waals surface area (Å²) in [5.74, 6) is 0. The second-order valence-corrected chi connectivity index (χ2v) is 6.67. The Hall–Kier alpha value is -0.740. The highest BCUT2D eigenvalue weighted by Crippen LogP contribution is 2.29. The standard InChI is InChI=1S/C11H14ClNO2S/c1-16(14,15)11-5-3-2-4-10(11)13-7-6-9(12)8-13/h2-5,9H,6-8H2,1H3. The number of halogens is 1. The van der Waals surface area contributed by atoms with Gasteiger partial charge in [-0.2, -0.15) is 0 Å². The van der Waals surface area contributed by atoms with E-state index in [0.717, 1.165) is 18.7 Å². The van der Waals surface area contributed by atoms with Crippen molar-refractivity contribution in [3.05, 3.63) is 24.3 Å². The molecule has 0 aliphatic carbocycles. The third-order valence-electron chi connectivity index (χ3n) is 2.74. The van der Waals surface area contributed by atoms with Gasteiger partial charge in [-0.25, -0.2) is 8.42 Å². The maximum Gasteiger partial charge on any atom is 0.177 e. The van der Waals surface area contributed by atoms with Gasteiger partial charge in [-0.1, -0.05) is 12.1 Å². The maximum absolute atomic E-state index is 11.6. The van der Waals surface area contributed by atoms with E-state index in [1.54, 1.807) is 12.1 Å². The second-order valence-electron chi connectivity index (χ2n) is 4.07. The van der Waals surface area contributed by atoms with Crippen molar-refractivity contribution in [1.82, 2.24) is 0 Å². The van der Waals surface area contributed by atoms with Crippen LogP contribution in [0.1, 0.15) is 6.42 Å². The predicted octanol–water partition coefficient (Wildman–Crippen LogP) is 1.91. The summed E-state index contributed by atoms with van der Waals surface area (Å²) in [5, 5.41) is 0.118. The SMILES string of the molecule is CS(=O)(=O)c1ccccc1N1CCC(Cl)C1. The first-order chi connectivity index (χ1) is 7.48. The molecule has 1 saturated heterocycles. The van der Waals surface area contributed by atoms with E-state index in [0.29, 0.717) is 11.4 Å². The second kappa shape index (κ2) is 4.26. The molecule has 3 nitrogen and oxygen atoms in total. The van der Waals surface area contributed by atoms with Crippen molar-refractivity contribution in [2.24, 2.45) is 0 Å². The monoisotopic (exact) mass is 259 g/mol. The summed E-state index contributed by atoms with van der Waals surface area (Å²) in [6.45, 7) is 1.54. The van der Waals surface area contributed by atoms with Crippen molar-refractivity contribution >= 4 is 27.1 Å². The van der Waals surface area contributed by atoms with Gasteiger partial charge in [0.1, 0.15) is 0 Å². The van der Waals surface area contributed by atoms with Crippen molar-refractivity contribution in [2.45, 2.75) is 16.7 Å². The fourth-order valence-electron chi connectivity index (χ4n) is 1.97. The van der Waals surface area contributed by atoms with Crippen LogP contribution in [0.4, 0.5) is 5.69 Å². The molecule has 88 valence electrons. The third kappa shape index (κ3) is 2.33. The Balaban J connectivity index is 2.41. The Morgan fingerprint density at radius 2 is 2.06 bits per heavy atom. The molecule has 0 N–H and O–H groups in total. The normalized spacial score (nSPS) is 21.4. The lowest BCUT2D eigenvalue weighted by molar-refractivity contribution is 0.601. The van der Waals surface area contributed by atoms with Crippen LogP contribution in [0.5, 0.6) is 0 Å². The number of para-hydroxylation sites is 1. The van der Waals surface area contributed by atoms with Crippen LogP contribution in [-0.4, -0.2) is 33.1 Å². The third-order valence-corrected chi connectivity index (χ3v) is 4.24. The smallest absolute Gasteiger partial charge is 0.177 e. The molecule has 1 aromatic rings. The minimum atomic E-state index is -3.17. The van der Waals surface area contributed by atoms with Crippen LogP contribution in [0.3, 0.4) is 0 Å². The van der Waals surface area contributed by atoms with Crippen molar-refractivity contribution < 1.29 is 8.42 Å². The molecule has 1 heterocycles. The molecular weight excluding hydrogens is 246 g/mol. The Morgan fingerprint density at radius 3 is 2.62 bits per heavy atom. The molecule has 0 radical (unpaired) electrons. The molecule has 1 aliphatic heterocycles. The Labute approximate surface area is 101 Å². The van der Waals surface area contributed by atoms with E-state index in [9.17, 15) is 8.42 Å². The first kappa shape index (κ1) is 11.7. The summed E-state index contributed by atoms with van der Waals surface area (Å²) in [4.78, 5) is 2.43. The van der Waals surface area contributed by atoms with E-state index in [-0.39, 0.29) is 5.38 Å². The van der Waals surface area contributed by atoms with Crippen LogP contribution in [0.25, 0.3) is 0 Å². The number of sulfone groups is 1. The molecule has 0 spiro atoms. The first-order valence-electron chi connectivity index (χ1n) is 5.16. The van der Waals surface area contributed by atoms with Crippen LogP contribution in [0.15, 0.2) is 29.2 Å². The zero-order chi connectivity index (χ0) is 11.8. The van der Waals surface area contributed by atoms with Crippen molar-refractivity contribution in [1.29, 1.82) is 0 Å². The minimum absolute atomic E-state index is 0.118. The molecule has 1 aliphatic rings. The van der Waals surface area contributed by atoms with Gasteiger partial charge < -0.3 is 4.90 Å². The molecule has 1 fully saturated rings. The number of nitrogens with zero attached hydrogens (tertiary/aromatic N) is 1. The number of alkyl halides is 1. The van der Waals surface area contributed by atoms with Crippen LogP contribution in [0.2, 0.25) is 0 Å². The first-order valence-corrected chi connectivity index (χ1v) is 7.49. The van der Waals surface area contributed by atoms with Crippen molar-refractivity contribution in [3.8, 4) is 0 Å². The molecule has 1 aromatic carbocycles. The Bertz CT molecular complexity index is 487. The molecule has 2 rings (SSSR count). The van der Waals surface area contributed by atoms with E-state index in [1.165, 1.54) is 6.26 Å². The average Bonchev–Trinajstić information content (AvgIpc) is 2.64. The fraction of sp³-hybridized carbons (Fsp3) is 0.455. The van der Waals surface area contributed by atoms with Crippen LogP contribution in [0, 0.1) is 0 Å². The number of hydrogen-bond donors (Lipinski definition) is 0. The highest BCUT2D eigenvalue weighted by atomic mass is 35.5. The van der Waals surface area contributed by atoms with E-state index in [4.69, 9.17) is 11.6 Å². The summed E-state index contributed by atoms with van der Waals surface area (Å²) < 4.78 is 23.3. The average molecular weight is 260 g/mol. The maximum atomic E-state index is 11.6. The highest BCUT2D eigenvalue weighted by Gasteiger charge is 2.24. The van der Waals surface area contributed by atoms with Gasteiger partial charge >= 0.3 is 0 Å². The van der Waals surface area contributed by atoms with Gasteiger partial charge in [-0.15, -0.1) is 11.6 Å². The minimum Gasteiger partial charge on any atom is -0.369 e. The largest absolute Gasteiger partial charge is 0.369 e. The summed E-state index contributed by atoms with van der Waals surface area (Å²) in [6.07, 6.45) is 2.14. The van der Waals surface area contributed by atoms with Crippen LogP contribution in [-0.2, 0) is 9.84 Å². The zero-order valence-corrected chi connectivity index (χ0v) is 10.6. The number of benzene rings is 1.